The molecule has 2 aliphatic heterocycles. The van der Waals surface area contributed by atoms with Gasteiger partial charge in [0, 0.05) is 19.5 Å². The lowest BCUT2D eigenvalue weighted by Gasteiger charge is -2.31. The summed E-state index contributed by atoms with van der Waals surface area (Å²) in [6, 6.07) is 7.75. The van der Waals surface area contributed by atoms with Crippen LogP contribution in [0.2, 0.25) is 0 Å². The number of esters is 1. The Hall–Kier alpha value is -2.41. The molecule has 7 nitrogen and oxygen atoms in total. The third-order valence-corrected chi connectivity index (χ3v) is 4.97. The number of benzene rings is 1. The van der Waals surface area contributed by atoms with Crippen LogP contribution >= 0.6 is 0 Å². The van der Waals surface area contributed by atoms with Gasteiger partial charge in [-0.25, -0.2) is 0 Å². The molecule has 2 fully saturated rings. The summed E-state index contributed by atoms with van der Waals surface area (Å²) in [6.07, 6.45) is 3.55. The number of carbonyl (C=O) groups excluding carboxylic acids is 3. The highest BCUT2D eigenvalue weighted by molar-refractivity contribution is 5.97. The van der Waals surface area contributed by atoms with E-state index in [9.17, 15) is 14.4 Å². The van der Waals surface area contributed by atoms with Gasteiger partial charge in [0.05, 0.1) is 6.61 Å². The van der Waals surface area contributed by atoms with Crippen LogP contribution in [0.3, 0.4) is 0 Å². The van der Waals surface area contributed by atoms with Crippen LogP contribution in [0.15, 0.2) is 30.3 Å². The van der Waals surface area contributed by atoms with Gasteiger partial charge >= 0.3 is 5.97 Å². The highest BCUT2D eigenvalue weighted by Crippen LogP contribution is 2.16. The van der Waals surface area contributed by atoms with Crippen LogP contribution in [0, 0.1) is 0 Å². The molecule has 0 spiro atoms. The molecular formula is C20H27N3O4. The summed E-state index contributed by atoms with van der Waals surface area (Å²) in [4.78, 5) is 39.1. The molecule has 2 N–H and O–H groups in total. The molecule has 2 saturated heterocycles. The molecule has 1 aromatic rings. The zero-order chi connectivity index (χ0) is 19.2. The summed E-state index contributed by atoms with van der Waals surface area (Å²) in [5, 5.41) is 5.68. The molecule has 0 aromatic heterocycles. The highest BCUT2D eigenvalue weighted by Gasteiger charge is 2.49. The number of nitrogens with one attached hydrogen (secondary N) is 2. The molecular weight excluding hydrogens is 346 g/mol. The maximum atomic E-state index is 13.0. The van der Waals surface area contributed by atoms with Crippen molar-refractivity contribution < 1.29 is 19.1 Å². The van der Waals surface area contributed by atoms with Crippen LogP contribution < -0.4 is 10.6 Å². The van der Waals surface area contributed by atoms with Crippen molar-refractivity contribution >= 4 is 17.8 Å². The molecule has 0 saturated carbocycles. The first kappa shape index (κ1) is 19.4. The van der Waals surface area contributed by atoms with Crippen molar-refractivity contribution in [2.45, 2.75) is 50.7 Å². The van der Waals surface area contributed by atoms with E-state index in [1.165, 1.54) is 0 Å². The molecule has 3 atom stereocenters. The van der Waals surface area contributed by atoms with Gasteiger partial charge in [0.15, 0.2) is 0 Å². The second-order valence-corrected chi connectivity index (χ2v) is 7.01. The van der Waals surface area contributed by atoms with Gasteiger partial charge in [0.1, 0.15) is 18.1 Å². The topological polar surface area (TPSA) is 97.6 Å². The molecule has 0 radical (unpaired) electrons. The van der Waals surface area contributed by atoms with E-state index in [2.05, 4.69) is 10.6 Å². The maximum absolute atomic E-state index is 13.0. The number of amides is 2. The van der Waals surface area contributed by atoms with Crippen LogP contribution in [0.1, 0.15) is 31.7 Å². The number of piperidine rings is 1. The first-order valence-electron chi connectivity index (χ1n) is 9.66. The van der Waals surface area contributed by atoms with Gasteiger partial charge in [-0.15, -0.1) is 0 Å². The van der Waals surface area contributed by atoms with E-state index in [-0.39, 0.29) is 18.4 Å². The van der Waals surface area contributed by atoms with Crippen LogP contribution in [0.5, 0.6) is 0 Å². The predicted octanol–water partition coefficient (Wildman–Crippen LogP) is 0.630. The molecule has 1 aromatic carbocycles. The van der Waals surface area contributed by atoms with Crippen LogP contribution in [-0.2, 0) is 25.5 Å². The van der Waals surface area contributed by atoms with Crippen LogP contribution in [-0.4, -0.2) is 60.5 Å². The molecule has 0 unspecified atom stereocenters. The van der Waals surface area contributed by atoms with Crippen molar-refractivity contribution in [3.05, 3.63) is 35.9 Å². The number of likely N-dealkylation sites (tertiary alicyclic amines) is 1. The minimum atomic E-state index is -0.636. The first-order valence-corrected chi connectivity index (χ1v) is 9.66. The number of hydrogen-bond acceptors (Lipinski definition) is 5. The monoisotopic (exact) mass is 373 g/mol. The van der Waals surface area contributed by atoms with Crippen LogP contribution in [0.4, 0.5) is 0 Å². The van der Waals surface area contributed by atoms with Crippen molar-refractivity contribution in [3.63, 3.8) is 0 Å². The first-order chi connectivity index (χ1) is 13.1. The van der Waals surface area contributed by atoms with Gasteiger partial charge < -0.3 is 15.0 Å². The Balaban J connectivity index is 1.65. The molecule has 2 amide bonds. The summed E-state index contributed by atoms with van der Waals surface area (Å²) in [5.74, 6) is -0.820. The molecule has 0 aliphatic carbocycles. The fourth-order valence-electron chi connectivity index (χ4n) is 3.45. The lowest BCUT2D eigenvalue weighted by molar-refractivity contribution is -0.143. The van der Waals surface area contributed by atoms with Gasteiger partial charge in [-0.1, -0.05) is 30.3 Å². The van der Waals surface area contributed by atoms with Crippen molar-refractivity contribution in [2.24, 2.45) is 0 Å². The fourth-order valence-corrected chi connectivity index (χ4v) is 3.45. The summed E-state index contributed by atoms with van der Waals surface area (Å²) in [6.45, 7) is 3.46. The molecule has 2 heterocycles. The summed E-state index contributed by atoms with van der Waals surface area (Å²) < 4.78 is 4.93. The Morgan fingerprint density at radius 2 is 1.85 bits per heavy atom. The summed E-state index contributed by atoms with van der Waals surface area (Å²) in [5.41, 5.74) is 0.985. The molecule has 0 bridgehead atoms. The smallest absolute Gasteiger partial charge is 0.325 e. The average molecular weight is 373 g/mol. The largest absolute Gasteiger partial charge is 0.465 e. The Labute approximate surface area is 159 Å². The van der Waals surface area contributed by atoms with Gasteiger partial charge in [-0.3, -0.25) is 19.7 Å². The van der Waals surface area contributed by atoms with Gasteiger partial charge in [-0.2, -0.15) is 0 Å². The zero-order valence-electron chi connectivity index (χ0n) is 15.6. The number of carbonyl (C=O) groups is 3. The Bertz CT molecular complexity index is 673. The summed E-state index contributed by atoms with van der Waals surface area (Å²) >= 11 is 0. The Kier molecular flexibility index (Phi) is 6.45. The van der Waals surface area contributed by atoms with E-state index in [1.807, 2.05) is 35.2 Å². The minimum absolute atomic E-state index is 0.0553. The van der Waals surface area contributed by atoms with E-state index in [1.54, 1.807) is 6.92 Å². The van der Waals surface area contributed by atoms with Crippen molar-refractivity contribution in [1.29, 1.82) is 0 Å². The van der Waals surface area contributed by atoms with E-state index in [0.29, 0.717) is 6.42 Å². The third kappa shape index (κ3) is 5.07. The van der Waals surface area contributed by atoms with E-state index >= 15 is 0 Å². The maximum Gasteiger partial charge on any atom is 0.325 e. The zero-order valence-corrected chi connectivity index (χ0v) is 15.6. The second kappa shape index (κ2) is 8.99. The molecule has 3 rings (SSSR count). The lowest BCUT2D eigenvalue weighted by Crippen LogP contribution is -2.52. The number of rotatable bonds is 7. The Morgan fingerprint density at radius 1 is 1.15 bits per heavy atom. The summed E-state index contributed by atoms with van der Waals surface area (Å²) in [7, 11) is 0. The molecule has 27 heavy (non-hydrogen) atoms. The molecule has 146 valence electrons. The van der Waals surface area contributed by atoms with Crippen molar-refractivity contribution in [3.8, 4) is 0 Å². The number of nitrogens with zero attached hydrogens (tertiary/aromatic N) is 1. The van der Waals surface area contributed by atoms with Crippen LogP contribution in [0.25, 0.3) is 0 Å². The van der Waals surface area contributed by atoms with E-state index in [0.717, 1.165) is 37.9 Å². The highest BCUT2D eigenvalue weighted by atomic mass is 16.5. The van der Waals surface area contributed by atoms with Crippen molar-refractivity contribution in [2.75, 3.05) is 19.7 Å². The van der Waals surface area contributed by atoms with Crippen molar-refractivity contribution in [1.82, 2.24) is 15.5 Å². The second-order valence-electron chi connectivity index (χ2n) is 7.01. The third-order valence-electron chi connectivity index (χ3n) is 4.97. The quantitative estimate of drug-likeness (QED) is 0.540. The molecule has 7 heteroatoms. The Morgan fingerprint density at radius 3 is 2.52 bits per heavy atom. The van der Waals surface area contributed by atoms with Gasteiger partial charge in [0.2, 0.25) is 11.8 Å². The lowest BCUT2D eigenvalue weighted by atomic mass is 10.0. The van der Waals surface area contributed by atoms with E-state index < -0.39 is 24.1 Å². The van der Waals surface area contributed by atoms with Gasteiger partial charge in [-0.05, 0) is 31.7 Å². The molecule has 2 aliphatic rings. The normalized spacial score (nSPS) is 22.6. The number of hydrogen-bond donors (Lipinski definition) is 2. The average Bonchev–Trinajstić information content (AvgIpc) is 3.50. The fraction of sp³-hybridized carbons (Fsp3) is 0.550. The number of ether oxygens (including phenoxy) is 1. The standard InChI is InChI=1S/C20H27N3O4/c1-2-27-20(26)17-16(22-17)18(24)21-15(13-14-9-5-3-6-10-14)19(25)23-11-7-4-8-12-23/h3,5-6,9-10,15-17,22H,2,4,7-8,11-13H2,1H3,(H,21,24)/t15-,16-,17-/m0/s1. The predicted molar refractivity (Wildman–Crippen MR) is 99.9 cm³/mol. The minimum Gasteiger partial charge on any atom is -0.465 e. The van der Waals surface area contributed by atoms with E-state index in [4.69, 9.17) is 4.74 Å². The van der Waals surface area contributed by atoms with Gasteiger partial charge in [0.25, 0.3) is 0 Å². The SMILES string of the molecule is CCOC(=O)[C@H]1N[C@@H]1C(=O)N[C@@H](Cc1ccccc1)C(=O)N1CCCCC1.